The molecule has 0 radical (unpaired) electrons. The minimum absolute atomic E-state index is 0.0750. The van der Waals surface area contributed by atoms with E-state index in [-0.39, 0.29) is 11.4 Å². The highest BCUT2D eigenvalue weighted by molar-refractivity contribution is 5.79. The van der Waals surface area contributed by atoms with E-state index in [1.54, 1.807) is 6.07 Å². The van der Waals surface area contributed by atoms with E-state index in [2.05, 4.69) is 29.3 Å². The molecule has 4 heteroatoms. The number of hydrogen-bond donors (Lipinski definition) is 0. The Morgan fingerprint density at radius 2 is 1.54 bits per heavy atom. The van der Waals surface area contributed by atoms with Gasteiger partial charge in [0.15, 0.2) is 0 Å². The van der Waals surface area contributed by atoms with Crippen molar-refractivity contribution in [2.45, 2.75) is 45.4 Å². The summed E-state index contributed by atoms with van der Waals surface area (Å²) in [5, 5.41) is 8.40. The highest BCUT2D eigenvalue weighted by Gasteiger charge is 2.55. The van der Waals surface area contributed by atoms with Crippen molar-refractivity contribution in [2.24, 2.45) is 23.2 Å². The van der Waals surface area contributed by atoms with Crippen molar-refractivity contribution in [2.75, 3.05) is 0 Å². The monoisotopic (exact) mass is 348 g/mol. The maximum absolute atomic E-state index is 13.0. The van der Waals surface area contributed by atoms with Gasteiger partial charge in [-0.2, -0.15) is 0 Å². The molecule has 134 valence electrons. The van der Waals surface area contributed by atoms with Crippen LogP contribution in [0.3, 0.4) is 0 Å². The van der Waals surface area contributed by atoms with E-state index in [0.717, 1.165) is 48.3 Å². The molecule has 0 spiro atoms. The van der Waals surface area contributed by atoms with E-state index in [4.69, 9.17) is 4.74 Å². The summed E-state index contributed by atoms with van der Waals surface area (Å²) in [4.78, 5) is 13.0. The van der Waals surface area contributed by atoms with Crippen LogP contribution in [0.1, 0.15) is 44.1 Å². The van der Waals surface area contributed by atoms with Crippen LogP contribution in [0.25, 0.3) is 11.3 Å². The average Bonchev–Trinajstić information content (AvgIpc) is 2.62. The second kappa shape index (κ2) is 5.90. The fourth-order valence-electron chi connectivity index (χ4n) is 5.82. The second-order valence-electron chi connectivity index (χ2n) is 8.71. The maximum atomic E-state index is 13.0. The van der Waals surface area contributed by atoms with Crippen LogP contribution in [-0.4, -0.2) is 16.2 Å². The van der Waals surface area contributed by atoms with Crippen LogP contribution in [0.15, 0.2) is 36.4 Å². The van der Waals surface area contributed by atoms with Gasteiger partial charge in [-0.05, 0) is 69.3 Å². The number of rotatable bonds is 3. The smallest absolute Gasteiger partial charge is 0.318 e. The number of carbonyl (C=O) groups excluding carboxylic acids is 1. The third-order valence-corrected chi connectivity index (χ3v) is 6.66. The average molecular weight is 348 g/mol. The molecule has 1 aromatic carbocycles. The topological polar surface area (TPSA) is 52.1 Å². The van der Waals surface area contributed by atoms with Gasteiger partial charge in [0.05, 0.1) is 11.1 Å². The summed E-state index contributed by atoms with van der Waals surface area (Å²) in [5.41, 5.74) is 2.76. The first-order chi connectivity index (χ1) is 12.6. The number of carbonyl (C=O) groups is 1. The molecule has 4 aliphatic carbocycles. The molecule has 0 atom stereocenters. The summed E-state index contributed by atoms with van der Waals surface area (Å²) in [6.07, 6.45) is 6.97. The van der Waals surface area contributed by atoms with Crippen LogP contribution in [0.2, 0.25) is 0 Å². The fourth-order valence-corrected chi connectivity index (χ4v) is 5.82. The first-order valence-electron chi connectivity index (χ1n) is 9.73. The minimum Gasteiger partial charge on any atom is -0.405 e. The number of nitrogens with zero attached hydrogens (tertiary/aromatic N) is 2. The van der Waals surface area contributed by atoms with Crippen LogP contribution in [-0.2, 0) is 4.79 Å². The highest BCUT2D eigenvalue weighted by Crippen LogP contribution is 2.60. The van der Waals surface area contributed by atoms with Gasteiger partial charge in [-0.3, -0.25) is 4.79 Å². The molecule has 0 unspecified atom stereocenters. The lowest BCUT2D eigenvalue weighted by Gasteiger charge is -2.55. The summed E-state index contributed by atoms with van der Waals surface area (Å²) in [5.74, 6) is 2.42. The molecule has 0 N–H and O–H groups in total. The van der Waals surface area contributed by atoms with Crippen molar-refractivity contribution >= 4 is 5.97 Å². The van der Waals surface area contributed by atoms with Gasteiger partial charge in [0, 0.05) is 11.6 Å². The Balaban J connectivity index is 1.32. The zero-order chi connectivity index (χ0) is 17.7. The van der Waals surface area contributed by atoms with Crippen molar-refractivity contribution in [3.8, 4) is 17.1 Å². The Bertz CT molecular complexity index is 791. The second-order valence-corrected chi connectivity index (χ2v) is 8.71. The van der Waals surface area contributed by atoms with Crippen molar-refractivity contribution in [3.05, 3.63) is 42.0 Å². The van der Waals surface area contributed by atoms with Crippen LogP contribution < -0.4 is 4.74 Å². The van der Waals surface area contributed by atoms with Crippen molar-refractivity contribution < 1.29 is 9.53 Å². The summed E-state index contributed by atoms with van der Waals surface area (Å²) < 4.78 is 5.70. The van der Waals surface area contributed by atoms with Gasteiger partial charge >= 0.3 is 5.97 Å². The van der Waals surface area contributed by atoms with Gasteiger partial charge < -0.3 is 4.74 Å². The fraction of sp³-hybridized carbons (Fsp3) is 0.500. The van der Waals surface area contributed by atoms with Crippen LogP contribution in [0, 0.1) is 30.1 Å². The standard InChI is InChI=1S/C22H24N2O2/c1-14-2-4-18(5-3-14)19-6-7-20(24-23-19)26-21(25)22-11-15-8-16(12-22)10-17(9-15)13-22/h2-7,15-17H,8-13H2,1H3. The quantitative estimate of drug-likeness (QED) is 0.762. The van der Waals surface area contributed by atoms with Crippen LogP contribution in [0.4, 0.5) is 0 Å². The van der Waals surface area contributed by atoms with E-state index >= 15 is 0 Å². The van der Waals surface area contributed by atoms with Crippen LogP contribution >= 0.6 is 0 Å². The predicted octanol–water partition coefficient (Wildman–Crippen LogP) is 4.57. The Kier molecular flexibility index (Phi) is 3.63. The molecule has 4 aliphatic rings. The van der Waals surface area contributed by atoms with E-state index < -0.39 is 0 Å². The normalized spacial score (nSPS) is 31.8. The first-order valence-corrected chi connectivity index (χ1v) is 9.73. The van der Waals surface area contributed by atoms with Crippen molar-refractivity contribution in [1.82, 2.24) is 10.2 Å². The molecule has 4 bridgehead atoms. The molecule has 1 aromatic heterocycles. The molecular formula is C22H24N2O2. The molecule has 4 fully saturated rings. The molecule has 1 heterocycles. The lowest BCUT2D eigenvalue weighted by molar-refractivity contribution is -0.161. The molecular weight excluding hydrogens is 324 g/mol. The molecule has 0 saturated heterocycles. The largest absolute Gasteiger partial charge is 0.405 e. The zero-order valence-corrected chi connectivity index (χ0v) is 15.1. The Morgan fingerprint density at radius 1 is 0.923 bits per heavy atom. The molecule has 4 nitrogen and oxygen atoms in total. The lowest BCUT2D eigenvalue weighted by atomic mass is 9.49. The summed E-state index contributed by atoms with van der Waals surface area (Å²) in [6.45, 7) is 2.06. The summed E-state index contributed by atoms with van der Waals surface area (Å²) >= 11 is 0. The molecule has 26 heavy (non-hydrogen) atoms. The van der Waals surface area contributed by atoms with Crippen molar-refractivity contribution in [3.63, 3.8) is 0 Å². The first kappa shape index (κ1) is 16.0. The molecule has 4 saturated carbocycles. The van der Waals surface area contributed by atoms with Gasteiger partial charge in [0.1, 0.15) is 0 Å². The number of aryl methyl sites for hydroxylation is 1. The van der Waals surface area contributed by atoms with Gasteiger partial charge in [0.2, 0.25) is 5.88 Å². The molecule has 2 aromatic rings. The van der Waals surface area contributed by atoms with Gasteiger partial charge in [-0.15, -0.1) is 10.2 Å². The number of hydrogen-bond acceptors (Lipinski definition) is 4. The number of benzene rings is 1. The zero-order valence-electron chi connectivity index (χ0n) is 15.1. The minimum atomic E-state index is -0.258. The Hall–Kier alpha value is -2.23. The lowest BCUT2D eigenvalue weighted by Crippen LogP contribution is -2.51. The SMILES string of the molecule is Cc1ccc(-c2ccc(OC(=O)C34CC5CC(CC(C5)C3)C4)nn2)cc1. The van der Waals surface area contributed by atoms with E-state index in [9.17, 15) is 4.79 Å². The predicted molar refractivity (Wildman–Crippen MR) is 98.4 cm³/mol. The third kappa shape index (κ3) is 2.72. The van der Waals surface area contributed by atoms with E-state index in [1.807, 2.05) is 18.2 Å². The number of ether oxygens (including phenoxy) is 1. The Morgan fingerprint density at radius 3 is 2.08 bits per heavy atom. The number of aromatic nitrogens is 2. The molecule has 0 amide bonds. The molecule has 6 rings (SSSR count). The van der Waals surface area contributed by atoms with E-state index in [1.165, 1.54) is 24.8 Å². The summed E-state index contributed by atoms with van der Waals surface area (Å²) in [6, 6.07) is 11.8. The number of esters is 1. The molecule has 0 aliphatic heterocycles. The summed E-state index contributed by atoms with van der Waals surface area (Å²) in [7, 11) is 0. The van der Waals surface area contributed by atoms with Gasteiger partial charge in [-0.25, -0.2) is 0 Å². The Labute approximate surface area is 154 Å². The van der Waals surface area contributed by atoms with Crippen molar-refractivity contribution in [1.29, 1.82) is 0 Å². The van der Waals surface area contributed by atoms with E-state index in [0.29, 0.717) is 5.88 Å². The highest BCUT2D eigenvalue weighted by atomic mass is 16.5. The maximum Gasteiger partial charge on any atom is 0.318 e. The van der Waals surface area contributed by atoms with Crippen LogP contribution in [0.5, 0.6) is 5.88 Å². The third-order valence-electron chi connectivity index (χ3n) is 6.66. The van der Waals surface area contributed by atoms with Gasteiger partial charge in [0.25, 0.3) is 0 Å². The van der Waals surface area contributed by atoms with Gasteiger partial charge in [-0.1, -0.05) is 29.8 Å².